The Morgan fingerprint density at radius 1 is 1.00 bits per heavy atom. The molecule has 2 N–H and O–H groups in total. The van der Waals surface area contributed by atoms with Crippen LogP contribution in [-0.4, -0.2) is 44.2 Å². The Balaban J connectivity index is 1.21. The van der Waals surface area contributed by atoms with Crippen LogP contribution in [0.4, 0.5) is 11.8 Å². The molecule has 5 aromatic rings. The van der Waals surface area contributed by atoms with E-state index in [1.54, 1.807) is 6.26 Å². The van der Waals surface area contributed by atoms with Gasteiger partial charge in [-0.15, -0.1) is 0 Å². The lowest BCUT2D eigenvalue weighted by Gasteiger charge is -2.17. The molecule has 8 heteroatoms. The Bertz CT molecular complexity index is 1600. The summed E-state index contributed by atoms with van der Waals surface area (Å²) in [6.07, 6.45) is 5.93. The summed E-state index contributed by atoms with van der Waals surface area (Å²) in [6, 6.07) is 16.5. The van der Waals surface area contributed by atoms with E-state index >= 15 is 0 Å². The number of hydrogen-bond acceptors (Lipinski definition) is 8. The number of rotatable bonds is 6. The Hall–Kier alpha value is -4.30. The van der Waals surface area contributed by atoms with Gasteiger partial charge >= 0.3 is 0 Å². The zero-order valence-corrected chi connectivity index (χ0v) is 21.7. The van der Waals surface area contributed by atoms with Crippen LogP contribution in [0.15, 0.2) is 71.6 Å². The molecule has 0 unspecified atom stereocenters. The maximum Gasteiger partial charge on any atom is 0.225 e. The van der Waals surface area contributed by atoms with E-state index in [1.807, 2.05) is 55.4 Å². The van der Waals surface area contributed by atoms with Gasteiger partial charge < -0.3 is 19.7 Å². The highest BCUT2D eigenvalue weighted by molar-refractivity contribution is 5.85. The summed E-state index contributed by atoms with van der Waals surface area (Å²) < 4.78 is 5.60. The van der Waals surface area contributed by atoms with Crippen LogP contribution < -0.4 is 10.2 Å². The largest absolute Gasteiger partial charge is 0.464 e. The van der Waals surface area contributed by atoms with Gasteiger partial charge in [0, 0.05) is 54.1 Å². The number of aromatic nitrogens is 4. The molecule has 3 aromatic heterocycles. The normalized spacial score (nSPS) is 16.2. The lowest BCUT2D eigenvalue weighted by atomic mass is 10.0. The van der Waals surface area contributed by atoms with Crippen molar-refractivity contribution in [3.8, 4) is 22.4 Å². The molecule has 0 spiro atoms. The highest BCUT2D eigenvalue weighted by Crippen LogP contribution is 2.29. The Morgan fingerprint density at radius 3 is 2.63 bits per heavy atom. The lowest BCUT2D eigenvalue weighted by molar-refractivity contribution is 0.198. The van der Waals surface area contributed by atoms with Crippen LogP contribution in [0.5, 0.6) is 0 Å². The number of anilines is 2. The molecule has 0 radical (unpaired) electrons. The van der Waals surface area contributed by atoms with E-state index in [0.717, 1.165) is 63.3 Å². The topological polar surface area (TPSA) is 100 Å². The van der Waals surface area contributed by atoms with Crippen molar-refractivity contribution < 1.29 is 9.52 Å². The number of aliphatic hydroxyl groups excluding tert-OH is 1. The highest BCUT2D eigenvalue weighted by Gasteiger charge is 2.22. The number of fused-ring (bicyclic) bond motifs is 1. The molecule has 1 aliphatic heterocycles. The van der Waals surface area contributed by atoms with Gasteiger partial charge in [-0.2, -0.15) is 0 Å². The van der Waals surface area contributed by atoms with E-state index < -0.39 is 0 Å². The van der Waals surface area contributed by atoms with Crippen LogP contribution in [0, 0.1) is 13.8 Å². The minimum absolute atomic E-state index is 0.0157. The molecule has 4 heterocycles. The van der Waals surface area contributed by atoms with Crippen LogP contribution in [0.25, 0.3) is 33.4 Å². The van der Waals surface area contributed by atoms with Gasteiger partial charge in [0.2, 0.25) is 5.95 Å². The third-order valence-corrected chi connectivity index (χ3v) is 7.07. The smallest absolute Gasteiger partial charge is 0.225 e. The summed E-state index contributed by atoms with van der Waals surface area (Å²) >= 11 is 0. The van der Waals surface area contributed by atoms with Crippen molar-refractivity contribution in [1.82, 2.24) is 19.9 Å². The van der Waals surface area contributed by atoms with E-state index in [-0.39, 0.29) is 12.1 Å². The van der Waals surface area contributed by atoms with Gasteiger partial charge in [0.1, 0.15) is 17.2 Å². The second-order valence-electron chi connectivity index (χ2n) is 9.97. The molecule has 0 bridgehead atoms. The molecule has 1 aliphatic rings. The quantitative estimate of drug-likeness (QED) is 0.302. The van der Waals surface area contributed by atoms with E-state index in [2.05, 4.69) is 56.4 Å². The Kier molecular flexibility index (Phi) is 6.25. The van der Waals surface area contributed by atoms with Crippen molar-refractivity contribution in [1.29, 1.82) is 0 Å². The number of aliphatic hydroxyl groups is 1. The average molecular weight is 507 g/mol. The second kappa shape index (κ2) is 9.87. The van der Waals surface area contributed by atoms with Gasteiger partial charge in [-0.1, -0.05) is 18.2 Å². The van der Waals surface area contributed by atoms with Crippen molar-refractivity contribution >= 4 is 22.7 Å². The molecular weight excluding hydrogens is 476 g/mol. The fraction of sp³-hybridized carbons (Fsp3) is 0.267. The summed E-state index contributed by atoms with van der Waals surface area (Å²) in [7, 11) is 0. The number of nitrogens with one attached hydrogen (secondary N) is 1. The SMILES string of the molecule is Cc1nc(N[C@@H](C)c2cccc(-c3cnc(N4CC[C@H](O)C4)nc3)c2)cc(-c2ccc3occ(C)c3c2)n1. The Morgan fingerprint density at radius 2 is 1.84 bits per heavy atom. The first-order valence-electron chi connectivity index (χ1n) is 12.9. The van der Waals surface area contributed by atoms with Gasteiger partial charge in [0.25, 0.3) is 0 Å². The van der Waals surface area contributed by atoms with Gasteiger partial charge in [-0.3, -0.25) is 0 Å². The predicted octanol–water partition coefficient (Wildman–Crippen LogP) is 5.71. The summed E-state index contributed by atoms with van der Waals surface area (Å²) in [5.74, 6) is 2.14. The minimum atomic E-state index is -0.303. The van der Waals surface area contributed by atoms with Gasteiger partial charge in [-0.25, -0.2) is 19.9 Å². The van der Waals surface area contributed by atoms with E-state index in [0.29, 0.717) is 18.3 Å². The molecule has 0 saturated carbocycles. The van der Waals surface area contributed by atoms with Gasteiger partial charge in [-0.05, 0) is 68.1 Å². The number of β-amino-alcohol motifs (C(OH)–C–C–N with tert-alkyl or cyclic N) is 1. The van der Waals surface area contributed by atoms with Gasteiger partial charge in [0.15, 0.2) is 0 Å². The molecule has 6 rings (SSSR count). The van der Waals surface area contributed by atoms with E-state index in [4.69, 9.17) is 4.42 Å². The van der Waals surface area contributed by atoms with Crippen LogP contribution in [0.1, 0.15) is 36.3 Å². The summed E-state index contributed by atoms with van der Waals surface area (Å²) in [6.45, 7) is 7.44. The summed E-state index contributed by atoms with van der Waals surface area (Å²) in [5, 5.41) is 14.4. The molecular formula is C30H30N6O2. The zero-order valence-electron chi connectivity index (χ0n) is 21.7. The molecule has 0 aliphatic carbocycles. The number of furan rings is 1. The fourth-order valence-electron chi connectivity index (χ4n) is 4.95. The Labute approximate surface area is 221 Å². The summed E-state index contributed by atoms with van der Waals surface area (Å²) in [5.41, 5.74) is 7.00. The number of aryl methyl sites for hydroxylation is 2. The molecule has 8 nitrogen and oxygen atoms in total. The van der Waals surface area contributed by atoms with Crippen LogP contribution >= 0.6 is 0 Å². The standard InChI is InChI=1S/C30H30N6O2/c1-18-17-38-28-8-7-23(12-26(18)28)27-13-29(35-20(3)34-27)33-19(2)21-5-4-6-22(11-21)24-14-31-30(32-15-24)36-10-9-25(37)16-36/h4-8,11-15,17,19,25,37H,9-10,16H2,1-3H3,(H,33,34,35)/t19-,25-/m0/s1. The van der Waals surface area contributed by atoms with Crippen molar-refractivity contribution in [2.24, 2.45) is 0 Å². The first kappa shape index (κ1) is 24.1. The van der Waals surface area contributed by atoms with E-state index in [1.165, 1.54) is 0 Å². The molecule has 38 heavy (non-hydrogen) atoms. The third-order valence-electron chi connectivity index (χ3n) is 7.07. The monoisotopic (exact) mass is 506 g/mol. The van der Waals surface area contributed by atoms with Gasteiger partial charge in [0.05, 0.1) is 18.1 Å². The predicted molar refractivity (Wildman–Crippen MR) is 149 cm³/mol. The molecule has 2 aromatic carbocycles. The van der Waals surface area contributed by atoms with Crippen LogP contribution in [0.2, 0.25) is 0 Å². The van der Waals surface area contributed by atoms with Crippen LogP contribution in [0.3, 0.4) is 0 Å². The van der Waals surface area contributed by atoms with E-state index in [9.17, 15) is 5.11 Å². The summed E-state index contributed by atoms with van der Waals surface area (Å²) in [4.78, 5) is 20.4. The first-order chi connectivity index (χ1) is 18.4. The number of hydrogen-bond donors (Lipinski definition) is 2. The maximum atomic E-state index is 9.80. The van der Waals surface area contributed by atoms with Crippen molar-refractivity contribution in [2.75, 3.05) is 23.3 Å². The average Bonchev–Trinajstić information content (AvgIpc) is 3.53. The van der Waals surface area contributed by atoms with Crippen LogP contribution in [-0.2, 0) is 0 Å². The molecule has 2 atom stereocenters. The number of benzene rings is 2. The fourth-order valence-corrected chi connectivity index (χ4v) is 4.95. The minimum Gasteiger partial charge on any atom is -0.464 e. The molecule has 192 valence electrons. The third kappa shape index (κ3) is 4.82. The zero-order chi connectivity index (χ0) is 26.2. The highest BCUT2D eigenvalue weighted by atomic mass is 16.3. The molecule has 1 saturated heterocycles. The maximum absolute atomic E-state index is 9.80. The van der Waals surface area contributed by atoms with Crippen molar-refractivity contribution in [3.05, 3.63) is 84.1 Å². The molecule has 1 fully saturated rings. The van der Waals surface area contributed by atoms with Crippen molar-refractivity contribution in [2.45, 2.75) is 39.3 Å². The van der Waals surface area contributed by atoms with Crippen molar-refractivity contribution in [3.63, 3.8) is 0 Å². The first-order valence-corrected chi connectivity index (χ1v) is 12.9. The second-order valence-corrected chi connectivity index (χ2v) is 9.97. The molecule has 0 amide bonds. The lowest BCUT2D eigenvalue weighted by Crippen LogP contribution is -2.23. The number of nitrogens with zero attached hydrogens (tertiary/aromatic N) is 5.